The molecule has 0 saturated carbocycles. The van der Waals surface area contributed by atoms with Gasteiger partial charge < -0.3 is 19.8 Å². The van der Waals surface area contributed by atoms with E-state index in [0.717, 1.165) is 89.9 Å². The topological polar surface area (TPSA) is 105 Å². The minimum absolute atomic E-state index is 0.0495. The van der Waals surface area contributed by atoms with Gasteiger partial charge in [-0.1, -0.05) is 347 Å². The Morgan fingerprint density at radius 1 is 0.389 bits per heavy atom. The van der Waals surface area contributed by atoms with Gasteiger partial charge in [0.2, 0.25) is 5.91 Å². The summed E-state index contributed by atoms with van der Waals surface area (Å²) in [5.74, 6) is -0.191. The van der Waals surface area contributed by atoms with E-state index >= 15 is 0 Å². The molecule has 0 aromatic heterocycles. The fraction of sp³-hybridized carbons (Fsp3) is 0.741. The number of unbranched alkanes of at least 4 members (excludes halogenated alkanes) is 38. The summed E-state index contributed by atoms with van der Waals surface area (Å²) in [7, 11) is 1.54. The number of aliphatic hydroxyl groups is 1. The van der Waals surface area contributed by atoms with Gasteiger partial charge in [0.25, 0.3) is 0 Å². The number of nitrogens with zero attached hydrogens (tertiary/aromatic N) is 1. The highest BCUT2D eigenvalue weighted by atomic mass is 31.2. The lowest BCUT2D eigenvalue weighted by Gasteiger charge is -2.25. The maximum absolute atomic E-state index is 13.1. The van der Waals surface area contributed by atoms with Crippen molar-refractivity contribution in [1.82, 2.24) is 5.32 Å². The second-order valence-electron chi connectivity index (χ2n) is 26.6. The minimum Gasteiger partial charge on any atom is -0.387 e. The molecule has 0 aliphatic carbocycles. The molecule has 3 atom stereocenters. The highest BCUT2D eigenvalue weighted by Gasteiger charge is 2.28. The minimum atomic E-state index is -4.38. The van der Waals surface area contributed by atoms with Crippen molar-refractivity contribution in [3.8, 4) is 0 Å². The Kier molecular flexibility index (Phi) is 67.8. The third-order valence-electron chi connectivity index (χ3n) is 16.6. The van der Waals surface area contributed by atoms with E-state index in [1.54, 1.807) is 6.08 Å². The first kappa shape index (κ1) is 86.9. The number of phosphoric acid groups is 1. The van der Waals surface area contributed by atoms with E-state index in [4.69, 9.17) is 9.05 Å². The third-order valence-corrected chi connectivity index (χ3v) is 17.6. The normalized spacial score (nSPS) is 14.3. The Balaban J connectivity index is 4.10. The lowest BCUT2D eigenvalue weighted by Crippen LogP contribution is -2.45. The van der Waals surface area contributed by atoms with Gasteiger partial charge in [0.15, 0.2) is 0 Å². The molecule has 3 N–H and O–H groups in total. The standard InChI is InChI=1S/C81H145N2O6P/c1-6-8-10-12-14-16-18-20-22-24-26-28-30-32-34-36-38-39-40-41-42-43-45-47-49-51-53-55-57-59-61-63-65-67-69-71-73-75-81(85)82-79(78-89-90(86,87)88-77-76-83(3,4)5)80(84)74-72-70-68-66-64-62-60-58-56-54-52-50-48-46-44-37-35-33-31-29-27-25-23-21-19-17-15-13-11-9-7-2/h8,10,14,16,20,22,26,28,32,34,38-39,41-42,56,58,64,66,72,74,79-80,84H,6-7,9,11-13,15,17-19,21,23-25,27,29-31,33,35-37,40,43-55,57,59-63,65,67-71,73,75-78H2,1-5H3,(H-,82,85,86,87)/p+1/b10-8-,16-14-,22-20-,28-26-,34-32-,39-38-,42-41-,58-56+,66-64+,74-72+. The fourth-order valence-electron chi connectivity index (χ4n) is 10.8. The summed E-state index contributed by atoms with van der Waals surface area (Å²) < 4.78 is 23.8. The Labute approximate surface area is 558 Å². The molecule has 0 rings (SSSR count). The SMILES string of the molecule is CC/C=C\C/C=C\C/C=C\C/C=C\C/C=C\C/C=C\C/C=C\CCCCCCCCCCCCCCCCCC(=O)NC(COP(=O)(O)OCC[N+](C)(C)C)C(O)/C=C/CC/C=C/CC/C=C/CCCCCCCCCCCCCCCCCCCCCCC. The van der Waals surface area contributed by atoms with Crippen molar-refractivity contribution in [2.45, 2.75) is 347 Å². The molecule has 8 nitrogen and oxygen atoms in total. The lowest BCUT2D eigenvalue weighted by molar-refractivity contribution is -0.870. The number of likely N-dealkylation sites (N-methyl/N-ethyl adjacent to an activating group) is 1. The first-order valence-corrected chi connectivity index (χ1v) is 39.4. The van der Waals surface area contributed by atoms with Gasteiger partial charge in [0.1, 0.15) is 13.2 Å². The molecule has 0 fully saturated rings. The number of rotatable bonds is 69. The number of carbonyl (C=O) groups excluding carboxylic acids is 1. The van der Waals surface area contributed by atoms with Gasteiger partial charge in [-0.2, -0.15) is 0 Å². The van der Waals surface area contributed by atoms with Gasteiger partial charge >= 0.3 is 7.82 Å². The number of nitrogens with one attached hydrogen (secondary N) is 1. The summed E-state index contributed by atoms with van der Waals surface area (Å²) in [6.07, 6.45) is 105. The smallest absolute Gasteiger partial charge is 0.387 e. The molecule has 0 saturated heterocycles. The molecule has 90 heavy (non-hydrogen) atoms. The van der Waals surface area contributed by atoms with Gasteiger partial charge in [-0.3, -0.25) is 13.8 Å². The zero-order valence-corrected chi connectivity index (χ0v) is 60.5. The van der Waals surface area contributed by atoms with Crippen LogP contribution in [0.2, 0.25) is 0 Å². The van der Waals surface area contributed by atoms with Crippen molar-refractivity contribution in [3.63, 3.8) is 0 Å². The number of aliphatic hydroxyl groups excluding tert-OH is 1. The second-order valence-corrected chi connectivity index (χ2v) is 28.1. The van der Waals surface area contributed by atoms with Gasteiger partial charge in [-0.05, 0) is 103 Å². The molecular weight excluding hydrogens is 1130 g/mol. The first-order valence-electron chi connectivity index (χ1n) is 37.9. The number of hydrogen-bond acceptors (Lipinski definition) is 5. The maximum atomic E-state index is 13.1. The summed E-state index contributed by atoms with van der Waals surface area (Å²) in [6, 6.07) is -0.879. The molecule has 0 aliphatic heterocycles. The second kappa shape index (κ2) is 70.2. The Bertz CT molecular complexity index is 1890. The van der Waals surface area contributed by atoms with Crippen LogP contribution in [-0.2, 0) is 18.4 Å². The molecule has 0 aromatic rings. The van der Waals surface area contributed by atoms with Crippen molar-refractivity contribution >= 4 is 13.7 Å². The van der Waals surface area contributed by atoms with Crippen molar-refractivity contribution < 1.29 is 32.9 Å². The van der Waals surface area contributed by atoms with Crippen LogP contribution >= 0.6 is 7.82 Å². The van der Waals surface area contributed by atoms with E-state index < -0.39 is 20.0 Å². The number of carbonyl (C=O) groups is 1. The number of quaternary nitrogens is 1. The highest BCUT2D eigenvalue weighted by molar-refractivity contribution is 7.47. The van der Waals surface area contributed by atoms with Crippen LogP contribution in [0.25, 0.3) is 0 Å². The molecule has 1 amide bonds. The third kappa shape index (κ3) is 72.3. The molecule has 0 spiro atoms. The number of amides is 1. The molecule has 0 heterocycles. The summed E-state index contributed by atoms with van der Waals surface area (Å²) in [5.41, 5.74) is 0. The predicted octanol–water partition coefficient (Wildman–Crippen LogP) is 24.8. The van der Waals surface area contributed by atoms with Crippen LogP contribution in [0.5, 0.6) is 0 Å². The molecule has 0 aliphatic rings. The van der Waals surface area contributed by atoms with E-state index in [2.05, 4.69) is 129 Å². The molecule has 9 heteroatoms. The average Bonchev–Trinajstić information content (AvgIpc) is 3.18. The molecule has 0 aromatic carbocycles. The Morgan fingerprint density at radius 3 is 1.02 bits per heavy atom. The van der Waals surface area contributed by atoms with Crippen molar-refractivity contribution in [3.05, 3.63) is 122 Å². The Morgan fingerprint density at radius 2 is 0.678 bits per heavy atom. The van der Waals surface area contributed by atoms with E-state index in [1.807, 2.05) is 27.2 Å². The van der Waals surface area contributed by atoms with Crippen LogP contribution in [0.4, 0.5) is 0 Å². The van der Waals surface area contributed by atoms with Crippen LogP contribution in [0, 0.1) is 0 Å². The molecule has 0 bridgehead atoms. The summed E-state index contributed by atoms with van der Waals surface area (Å²) in [4.78, 5) is 23.5. The number of hydrogen-bond donors (Lipinski definition) is 3. The highest BCUT2D eigenvalue weighted by Crippen LogP contribution is 2.43. The molecule has 520 valence electrons. The Hall–Kier alpha value is -3.10. The monoisotopic (exact) mass is 1270 g/mol. The van der Waals surface area contributed by atoms with Crippen molar-refractivity contribution in [2.24, 2.45) is 0 Å². The largest absolute Gasteiger partial charge is 0.472 e. The molecule has 0 radical (unpaired) electrons. The zero-order chi connectivity index (χ0) is 65.5. The van der Waals surface area contributed by atoms with Crippen LogP contribution in [0.15, 0.2) is 122 Å². The van der Waals surface area contributed by atoms with E-state index in [9.17, 15) is 19.4 Å². The lowest BCUT2D eigenvalue weighted by atomic mass is 10.0. The quantitative estimate of drug-likeness (QED) is 0.0243. The van der Waals surface area contributed by atoms with E-state index in [1.165, 1.54) is 225 Å². The van der Waals surface area contributed by atoms with Crippen LogP contribution < -0.4 is 5.32 Å². The van der Waals surface area contributed by atoms with Gasteiger partial charge in [-0.15, -0.1) is 0 Å². The summed E-state index contributed by atoms with van der Waals surface area (Å²) >= 11 is 0. The van der Waals surface area contributed by atoms with Crippen molar-refractivity contribution in [1.29, 1.82) is 0 Å². The number of phosphoric ester groups is 1. The molecule has 3 unspecified atom stereocenters. The van der Waals surface area contributed by atoms with Gasteiger partial charge in [0.05, 0.1) is 39.9 Å². The predicted molar refractivity (Wildman–Crippen MR) is 396 cm³/mol. The van der Waals surface area contributed by atoms with Crippen LogP contribution in [-0.4, -0.2) is 73.4 Å². The maximum Gasteiger partial charge on any atom is 0.472 e. The number of allylic oxidation sites excluding steroid dienone is 19. The van der Waals surface area contributed by atoms with E-state index in [-0.39, 0.29) is 19.1 Å². The van der Waals surface area contributed by atoms with Crippen LogP contribution in [0.1, 0.15) is 335 Å². The van der Waals surface area contributed by atoms with E-state index in [0.29, 0.717) is 17.4 Å². The zero-order valence-electron chi connectivity index (χ0n) is 59.6. The fourth-order valence-corrected chi connectivity index (χ4v) is 11.6. The van der Waals surface area contributed by atoms with Crippen LogP contribution in [0.3, 0.4) is 0 Å². The molecular formula is C81H146N2O6P+. The van der Waals surface area contributed by atoms with Crippen molar-refractivity contribution in [2.75, 3.05) is 40.9 Å². The first-order chi connectivity index (χ1) is 44.0. The summed E-state index contributed by atoms with van der Waals surface area (Å²) in [5, 5.41) is 14.0. The van der Waals surface area contributed by atoms with Gasteiger partial charge in [-0.25, -0.2) is 4.57 Å². The van der Waals surface area contributed by atoms with Gasteiger partial charge in [0, 0.05) is 6.42 Å². The summed E-state index contributed by atoms with van der Waals surface area (Å²) in [6.45, 7) is 4.70. The average molecular weight is 1280 g/mol.